The molecule has 6 nitrogen and oxygen atoms in total. The van der Waals surface area contributed by atoms with Crippen molar-refractivity contribution in [2.45, 2.75) is 65.2 Å². The van der Waals surface area contributed by atoms with Crippen LogP contribution in [0.15, 0.2) is 59.6 Å². The van der Waals surface area contributed by atoms with Gasteiger partial charge in [-0.05, 0) is 66.9 Å². The molecule has 0 bridgehead atoms. The molecule has 0 unspecified atom stereocenters. The number of carbonyl (C=O) groups is 2. The Hall–Kier alpha value is -3.41. The third-order valence-corrected chi connectivity index (χ3v) is 5.89. The standard InChI is InChI=1S/C31H41NO5/c1-4-5-6-7-8-9-10-11-22-36-29-19-14-27(15-20-29)23-32-28-17-12-26(13-18-28)16-21-30(33)37-24-25(2)31(34)35-3/h12-21,23,25H,4-11,22,24H2,1-3H3/b21-16+,32-23?/t25-/m0/s1. The number of benzene rings is 2. The van der Waals surface area contributed by atoms with Gasteiger partial charge in [0.2, 0.25) is 0 Å². The molecule has 0 saturated heterocycles. The van der Waals surface area contributed by atoms with Gasteiger partial charge in [0.1, 0.15) is 12.4 Å². The second kappa shape index (κ2) is 17.9. The smallest absolute Gasteiger partial charge is 0.330 e. The summed E-state index contributed by atoms with van der Waals surface area (Å²) in [5, 5.41) is 0. The monoisotopic (exact) mass is 507 g/mol. The topological polar surface area (TPSA) is 74.2 Å². The van der Waals surface area contributed by atoms with Gasteiger partial charge in [-0.2, -0.15) is 0 Å². The lowest BCUT2D eigenvalue weighted by atomic mass is 10.1. The Morgan fingerprint density at radius 2 is 1.49 bits per heavy atom. The molecule has 200 valence electrons. The summed E-state index contributed by atoms with van der Waals surface area (Å²) < 4.78 is 15.5. The molecular formula is C31H41NO5. The molecule has 0 heterocycles. The molecule has 0 amide bonds. The van der Waals surface area contributed by atoms with E-state index in [0.29, 0.717) is 0 Å². The second-order valence-electron chi connectivity index (χ2n) is 9.13. The first-order valence-electron chi connectivity index (χ1n) is 13.3. The molecule has 0 aliphatic rings. The van der Waals surface area contributed by atoms with Crippen molar-refractivity contribution < 1.29 is 23.8 Å². The van der Waals surface area contributed by atoms with E-state index in [0.717, 1.165) is 35.6 Å². The molecule has 2 aromatic rings. The minimum atomic E-state index is -0.511. The maximum absolute atomic E-state index is 11.8. The summed E-state index contributed by atoms with van der Waals surface area (Å²) in [4.78, 5) is 27.7. The van der Waals surface area contributed by atoms with Crippen LogP contribution in [-0.2, 0) is 19.1 Å². The maximum Gasteiger partial charge on any atom is 0.330 e. The summed E-state index contributed by atoms with van der Waals surface area (Å²) in [6.45, 7) is 4.63. The van der Waals surface area contributed by atoms with Crippen LogP contribution in [-0.4, -0.2) is 38.5 Å². The van der Waals surface area contributed by atoms with E-state index in [2.05, 4.69) is 16.7 Å². The summed E-state index contributed by atoms with van der Waals surface area (Å²) in [5.74, 6) is -0.535. The highest BCUT2D eigenvalue weighted by Crippen LogP contribution is 2.16. The molecule has 37 heavy (non-hydrogen) atoms. The normalized spacial score (nSPS) is 12.1. The van der Waals surface area contributed by atoms with Gasteiger partial charge in [-0.25, -0.2) is 4.79 Å². The van der Waals surface area contributed by atoms with Crippen LogP contribution >= 0.6 is 0 Å². The van der Waals surface area contributed by atoms with Crippen LogP contribution in [0.4, 0.5) is 5.69 Å². The van der Waals surface area contributed by atoms with Crippen LogP contribution in [0.3, 0.4) is 0 Å². The molecule has 0 spiro atoms. The number of carbonyl (C=O) groups excluding carboxylic acids is 2. The Labute approximate surface area is 221 Å². The molecule has 0 N–H and O–H groups in total. The minimum Gasteiger partial charge on any atom is -0.494 e. The molecule has 0 aliphatic carbocycles. The number of hydrogen-bond donors (Lipinski definition) is 0. The van der Waals surface area contributed by atoms with Crippen molar-refractivity contribution >= 4 is 29.9 Å². The first kappa shape index (κ1) is 29.8. The number of methoxy groups -OCH3 is 1. The number of nitrogens with zero attached hydrogens (tertiary/aromatic N) is 1. The zero-order valence-corrected chi connectivity index (χ0v) is 22.5. The van der Waals surface area contributed by atoms with Crippen molar-refractivity contribution in [2.75, 3.05) is 20.3 Å². The summed E-state index contributed by atoms with van der Waals surface area (Å²) in [6, 6.07) is 15.4. The molecule has 6 heteroatoms. The van der Waals surface area contributed by atoms with Crippen molar-refractivity contribution in [1.29, 1.82) is 0 Å². The van der Waals surface area contributed by atoms with Gasteiger partial charge in [-0.15, -0.1) is 0 Å². The van der Waals surface area contributed by atoms with Crippen LogP contribution in [0.25, 0.3) is 6.08 Å². The van der Waals surface area contributed by atoms with E-state index in [1.54, 1.807) is 13.0 Å². The summed E-state index contributed by atoms with van der Waals surface area (Å²) >= 11 is 0. The van der Waals surface area contributed by atoms with Crippen LogP contribution < -0.4 is 4.74 Å². The number of ether oxygens (including phenoxy) is 3. The number of rotatable bonds is 17. The lowest BCUT2D eigenvalue weighted by molar-refractivity contribution is -0.150. The van der Waals surface area contributed by atoms with E-state index in [4.69, 9.17) is 9.47 Å². The van der Waals surface area contributed by atoms with Gasteiger partial charge >= 0.3 is 11.9 Å². The van der Waals surface area contributed by atoms with E-state index < -0.39 is 17.9 Å². The molecule has 0 aliphatic heterocycles. The molecule has 2 aromatic carbocycles. The zero-order valence-electron chi connectivity index (χ0n) is 22.5. The highest BCUT2D eigenvalue weighted by molar-refractivity contribution is 5.87. The van der Waals surface area contributed by atoms with Crippen LogP contribution in [0.1, 0.15) is 76.3 Å². The summed E-state index contributed by atoms with van der Waals surface area (Å²) in [7, 11) is 1.30. The van der Waals surface area contributed by atoms with Gasteiger partial charge in [0.05, 0.1) is 25.3 Å². The van der Waals surface area contributed by atoms with Crippen molar-refractivity contribution in [1.82, 2.24) is 0 Å². The van der Waals surface area contributed by atoms with Crippen molar-refractivity contribution in [3.05, 3.63) is 65.7 Å². The van der Waals surface area contributed by atoms with E-state index in [1.165, 1.54) is 58.1 Å². The fourth-order valence-electron chi connectivity index (χ4n) is 3.59. The van der Waals surface area contributed by atoms with Gasteiger partial charge in [-0.1, -0.05) is 64.0 Å². The highest BCUT2D eigenvalue weighted by Gasteiger charge is 2.14. The first-order valence-corrected chi connectivity index (χ1v) is 13.3. The highest BCUT2D eigenvalue weighted by atomic mass is 16.5. The van der Waals surface area contributed by atoms with Crippen molar-refractivity contribution in [3.63, 3.8) is 0 Å². The third-order valence-electron chi connectivity index (χ3n) is 5.89. The second-order valence-corrected chi connectivity index (χ2v) is 9.13. The molecule has 0 saturated carbocycles. The Morgan fingerprint density at radius 1 is 0.865 bits per heavy atom. The van der Waals surface area contributed by atoms with Gasteiger partial charge in [0.25, 0.3) is 0 Å². The number of esters is 2. The fourth-order valence-corrected chi connectivity index (χ4v) is 3.59. The Morgan fingerprint density at radius 3 is 2.14 bits per heavy atom. The number of hydrogen-bond acceptors (Lipinski definition) is 6. The average Bonchev–Trinajstić information content (AvgIpc) is 2.93. The van der Waals surface area contributed by atoms with Gasteiger partial charge in [0.15, 0.2) is 0 Å². The first-order chi connectivity index (χ1) is 18.0. The number of aliphatic imine (C=N–C) groups is 1. The van der Waals surface area contributed by atoms with E-state index in [1.807, 2.05) is 54.7 Å². The van der Waals surface area contributed by atoms with Crippen molar-refractivity contribution in [3.8, 4) is 5.75 Å². The Balaban J connectivity index is 1.69. The predicted molar refractivity (Wildman–Crippen MR) is 149 cm³/mol. The summed E-state index contributed by atoms with van der Waals surface area (Å²) in [6.07, 6.45) is 15.1. The quantitative estimate of drug-likeness (QED) is 0.0970. The fraction of sp³-hybridized carbons (Fsp3) is 0.452. The minimum absolute atomic E-state index is 0.0180. The van der Waals surface area contributed by atoms with E-state index >= 15 is 0 Å². The van der Waals surface area contributed by atoms with Crippen LogP contribution in [0.2, 0.25) is 0 Å². The SMILES string of the molecule is CCCCCCCCCCOc1ccc(C=Nc2ccc(/C=C/C(=O)OC[C@H](C)C(=O)OC)cc2)cc1. The largest absolute Gasteiger partial charge is 0.494 e. The van der Waals surface area contributed by atoms with Gasteiger partial charge in [-0.3, -0.25) is 9.79 Å². The Kier molecular flexibility index (Phi) is 14.4. The molecule has 0 radical (unpaired) electrons. The lowest BCUT2D eigenvalue weighted by Crippen LogP contribution is -2.19. The van der Waals surface area contributed by atoms with E-state index in [9.17, 15) is 9.59 Å². The lowest BCUT2D eigenvalue weighted by Gasteiger charge is -2.08. The maximum atomic E-state index is 11.8. The Bertz CT molecular complexity index is 980. The molecule has 0 fully saturated rings. The molecular weight excluding hydrogens is 466 g/mol. The van der Waals surface area contributed by atoms with Crippen LogP contribution in [0, 0.1) is 5.92 Å². The predicted octanol–water partition coefficient (Wildman–Crippen LogP) is 7.32. The molecule has 2 rings (SSSR count). The zero-order chi connectivity index (χ0) is 26.7. The number of unbranched alkanes of at least 4 members (excludes halogenated alkanes) is 7. The molecule has 1 atom stereocenters. The third kappa shape index (κ3) is 12.9. The van der Waals surface area contributed by atoms with Crippen LogP contribution in [0.5, 0.6) is 5.75 Å². The average molecular weight is 508 g/mol. The van der Waals surface area contributed by atoms with E-state index in [-0.39, 0.29) is 6.61 Å². The van der Waals surface area contributed by atoms with Gasteiger partial charge in [0, 0.05) is 12.3 Å². The van der Waals surface area contributed by atoms with Gasteiger partial charge < -0.3 is 14.2 Å². The summed E-state index contributed by atoms with van der Waals surface area (Å²) in [5.41, 5.74) is 2.64. The van der Waals surface area contributed by atoms with Crippen molar-refractivity contribution in [2.24, 2.45) is 10.9 Å². The molecule has 0 aromatic heterocycles.